The molecule has 4 nitrogen and oxygen atoms in total. The van der Waals surface area contributed by atoms with Crippen LogP contribution in [0.5, 0.6) is 0 Å². The molecular formula is C31H51NO3. The third-order valence-electron chi connectivity index (χ3n) is 13.1. The molecule has 35 heavy (non-hydrogen) atoms. The number of carboxylic acid groups (broad SMARTS) is 1. The van der Waals surface area contributed by atoms with Crippen LogP contribution in [0.25, 0.3) is 0 Å². The lowest BCUT2D eigenvalue weighted by atomic mass is 9.37. The van der Waals surface area contributed by atoms with E-state index < -0.39 is 5.97 Å². The third-order valence-corrected chi connectivity index (χ3v) is 13.1. The van der Waals surface area contributed by atoms with E-state index in [2.05, 4.69) is 39.9 Å². The highest BCUT2D eigenvalue weighted by molar-refractivity contribution is 5.86. The second-order valence-corrected chi connectivity index (χ2v) is 14.4. The number of amides is 1. The van der Waals surface area contributed by atoms with Crippen LogP contribution in [0.4, 0.5) is 0 Å². The predicted octanol–water partition coefficient (Wildman–Crippen LogP) is 6.92. The number of rotatable bonds is 5. The first-order valence-electron chi connectivity index (χ1n) is 15.1. The van der Waals surface area contributed by atoms with E-state index in [0.717, 1.165) is 49.4 Å². The number of aliphatic carboxylic acids is 1. The number of hydrogen-bond donors (Lipinski definition) is 2. The Morgan fingerprint density at radius 2 is 1.60 bits per heavy atom. The van der Waals surface area contributed by atoms with Gasteiger partial charge >= 0.3 is 5.97 Å². The van der Waals surface area contributed by atoms with Crippen LogP contribution in [0.2, 0.25) is 0 Å². The molecule has 5 saturated carbocycles. The molecule has 10 unspecified atom stereocenters. The van der Waals surface area contributed by atoms with Gasteiger partial charge in [0, 0.05) is 0 Å². The fourth-order valence-electron chi connectivity index (χ4n) is 11.7. The molecule has 2 N–H and O–H groups in total. The second kappa shape index (κ2) is 9.05. The molecule has 0 aliphatic heterocycles. The summed E-state index contributed by atoms with van der Waals surface area (Å²) >= 11 is 0. The Bertz CT molecular complexity index is 839. The van der Waals surface area contributed by atoms with Gasteiger partial charge in [0.15, 0.2) is 0 Å². The zero-order valence-corrected chi connectivity index (χ0v) is 23.1. The first-order chi connectivity index (χ1) is 16.6. The standard InChI is InChI=1S/C31H51NO3/c1-6-20-8-7-14-29(4)23(20)12-15-30(5)24-13-17-31(28(35)32-18-26(33)34)16-11-21(19(2)3)27(31)22(24)9-10-25(29)30/h19-25,27H,6-18H2,1-5H3,(H,32,35)(H,33,34). The molecule has 0 heterocycles. The highest BCUT2D eigenvalue weighted by Gasteiger charge is 2.67. The van der Waals surface area contributed by atoms with Gasteiger partial charge in [0.25, 0.3) is 0 Å². The van der Waals surface area contributed by atoms with Gasteiger partial charge in [-0.25, -0.2) is 0 Å². The highest BCUT2D eigenvalue weighted by Crippen LogP contribution is 2.72. The SMILES string of the molecule is CCC1CCCC2(C)C1CCC1(C)C3CCC4(C(=O)NCC(=O)O)CCC(C(C)C)C4C3CCC21. The van der Waals surface area contributed by atoms with Crippen LogP contribution >= 0.6 is 0 Å². The maximum Gasteiger partial charge on any atom is 0.322 e. The van der Waals surface area contributed by atoms with Gasteiger partial charge < -0.3 is 10.4 Å². The van der Waals surface area contributed by atoms with Crippen molar-refractivity contribution in [3.8, 4) is 0 Å². The molecule has 5 aliphatic carbocycles. The predicted molar refractivity (Wildman–Crippen MR) is 140 cm³/mol. The lowest BCUT2D eigenvalue weighted by Crippen LogP contribution is -2.62. The van der Waals surface area contributed by atoms with Crippen molar-refractivity contribution in [1.29, 1.82) is 0 Å². The number of nitrogens with one attached hydrogen (secondary N) is 1. The van der Waals surface area contributed by atoms with E-state index in [1.165, 1.54) is 51.4 Å². The van der Waals surface area contributed by atoms with E-state index in [0.29, 0.717) is 34.5 Å². The summed E-state index contributed by atoms with van der Waals surface area (Å²) < 4.78 is 0. The van der Waals surface area contributed by atoms with Crippen molar-refractivity contribution in [2.75, 3.05) is 6.54 Å². The lowest BCUT2D eigenvalue weighted by Gasteiger charge is -2.67. The van der Waals surface area contributed by atoms with Gasteiger partial charge in [-0.15, -0.1) is 0 Å². The smallest absolute Gasteiger partial charge is 0.322 e. The average molecular weight is 486 g/mol. The third kappa shape index (κ3) is 3.73. The molecule has 0 bridgehead atoms. The largest absolute Gasteiger partial charge is 0.480 e. The minimum Gasteiger partial charge on any atom is -0.480 e. The summed E-state index contributed by atoms with van der Waals surface area (Å²) in [5.74, 6) is 4.72. The summed E-state index contributed by atoms with van der Waals surface area (Å²) in [6, 6.07) is 0. The Kier molecular flexibility index (Phi) is 6.61. The molecule has 0 spiro atoms. The van der Waals surface area contributed by atoms with Crippen molar-refractivity contribution in [2.45, 2.75) is 112 Å². The summed E-state index contributed by atoms with van der Waals surface area (Å²) in [6.07, 6.45) is 15.3. The Morgan fingerprint density at radius 3 is 2.29 bits per heavy atom. The van der Waals surface area contributed by atoms with Crippen LogP contribution in [0.15, 0.2) is 0 Å². The summed E-state index contributed by atoms with van der Waals surface area (Å²) in [5, 5.41) is 12.1. The maximum atomic E-state index is 13.6. The molecule has 0 saturated heterocycles. The zero-order chi connectivity index (χ0) is 25.2. The van der Waals surface area contributed by atoms with Gasteiger partial charge in [-0.3, -0.25) is 9.59 Å². The fraction of sp³-hybridized carbons (Fsp3) is 0.935. The Labute approximate surface area is 213 Å². The molecule has 10 atom stereocenters. The van der Waals surface area contributed by atoms with Gasteiger partial charge in [0.2, 0.25) is 5.91 Å². The second-order valence-electron chi connectivity index (χ2n) is 14.4. The van der Waals surface area contributed by atoms with E-state index in [1.807, 2.05) is 0 Å². The van der Waals surface area contributed by atoms with Crippen molar-refractivity contribution in [1.82, 2.24) is 5.32 Å². The number of hydrogen-bond acceptors (Lipinski definition) is 2. The normalized spacial score (nSPS) is 48.9. The fourth-order valence-corrected chi connectivity index (χ4v) is 11.7. The van der Waals surface area contributed by atoms with Gasteiger partial charge in [-0.2, -0.15) is 0 Å². The quantitative estimate of drug-likeness (QED) is 0.444. The number of fused-ring (bicyclic) bond motifs is 7. The summed E-state index contributed by atoms with van der Waals surface area (Å²) in [4.78, 5) is 24.9. The molecule has 5 rings (SSSR count). The van der Waals surface area contributed by atoms with Crippen LogP contribution in [0, 0.1) is 63.6 Å². The molecule has 1 amide bonds. The van der Waals surface area contributed by atoms with Crippen LogP contribution in [0.1, 0.15) is 112 Å². The Hall–Kier alpha value is -1.06. The molecular weight excluding hydrogens is 434 g/mol. The van der Waals surface area contributed by atoms with Gasteiger partial charge in [0.1, 0.15) is 6.54 Å². The molecule has 5 aliphatic rings. The number of carboxylic acids is 1. The van der Waals surface area contributed by atoms with Crippen LogP contribution in [-0.4, -0.2) is 23.5 Å². The van der Waals surface area contributed by atoms with E-state index in [1.54, 1.807) is 0 Å². The summed E-state index contributed by atoms with van der Waals surface area (Å²) in [5.41, 5.74) is 0.559. The van der Waals surface area contributed by atoms with Crippen LogP contribution < -0.4 is 5.32 Å². The number of carbonyl (C=O) groups is 2. The first-order valence-corrected chi connectivity index (χ1v) is 15.1. The van der Waals surface area contributed by atoms with E-state index in [4.69, 9.17) is 0 Å². The Balaban J connectivity index is 1.46. The molecule has 5 fully saturated rings. The van der Waals surface area contributed by atoms with E-state index >= 15 is 0 Å². The van der Waals surface area contributed by atoms with Gasteiger partial charge in [-0.05, 0) is 116 Å². The minimum atomic E-state index is -0.936. The molecule has 4 heteroatoms. The van der Waals surface area contributed by atoms with E-state index in [9.17, 15) is 14.7 Å². The average Bonchev–Trinajstić information content (AvgIpc) is 3.23. The van der Waals surface area contributed by atoms with Crippen molar-refractivity contribution in [3.05, 3.63) is 0 Å². The van der Waals surface area contributed by atoms with Crippen molar-refractivity contribution in [3.63, 3.8) is 0 Å². The van der Waals surface area contributed by atoms with Gasteiger partial charge in [0.05, 0.1) is 5.41 Å². The highest BCUT2D eigenvalue weighted by atomic mass is 16.4. The van der Waals surface area contributed by atoms with Crippen molar-refractivity contribution >= 4 is 11.9 Å². The maximum absolute atomic E-state index is 13.6. The summed E-state index contributed by atoms with van der Waals surface area (Å²) in [7, 11) is 0. The minimum absolute atomic E-state index is 0.0486. The van der Waals surface area contributed by atoms with Crippen LogP contribution in [0.3, 0.4) is 0 Å². The molecule has 0 radical (unpaired) electrons. The monoisotopic (exact) mass is 485 g/mol. The van der Waals surface area contributed by atoms with Crippen molar-refractivity contribution in [2.24, 2.45) is 63.6 Å². The Morgan fingerprint density at radius 1 is 0.914 bits per heavy atom. The van der Waals surface area contributed by atoms with Gasteiger partial charge in [-0.1, -0.05) is 53.9 Å². The van der Waals surface area contributed by atoms with Crippen molar-refractivity contribution < 1.29 is 14.7 Å². The van der Waals surface area contributed by atoms with Crippen LogP contribution in [-0.2, 0) is 9.59 Å². The molecule has 198 valence electrons. The topological polar surface area (TPSA) is 66.4 Å². The first kappa shape index (κ1) is 25.6. The van der Waals surface area contributed by atoms with E-state index in [-0.39, 0.29) is 17.9 Å². The molecule has 0 aromatic carbocycles. The zero-order valence-electron chi connectivity index (χ0n) is 23.1. The summed E-state index contributed by atoms with van der Waals surface area (Å²) in [6.45, 7) is 12.2. The molecule has 0 aromatic rings. The number of carbonyl (C=O) groups excluding carboxylic acids is 1. The molecule has 0 aromatic heterocycles. The lowest BCUT2D eigenvalue weighted by molar-refractivity contribution is -0.191.